The maximum absolute atomic E-state index is 5.98. The zero-order valence-electron chi connectivity index (χ0n) is 8.57. The maximum Gasteiger partial charge on any atom is -0.147 e. The zero-order chi connectivity index (χ0) is 10.8. The molecule has 86 valence electrons. The molecule has 0 aliphatic carbocycles. The van der Waals surface area contributed by atoms with Crippen molar-refractivity contribution in [3.8, 4) is 5.88 Å². The van der Waals surface area contributed by atoms with Crippen molar-refractivity contribution < 1.29 is 9.26 Å². The van der Waals surface area contributed by atoms with E-state index in [9.17, 15) is 0 Å². The van der Waals surface area contributed by atoms with Crippen molar-refractivity contribution in [3.05, 3.63) is 22.7 Å². The van der Waals surface area contributed by atoms with Crippen molar-refractivity contribution in [1.29, 1.82) is 0 Å². The SMILES string of the molecule is Cc1ccc(Cl)c2onc(OCC[As])c12.Cl. The van der Waals surface area contributed by atoms with Crippen molar-refractivity contribution >= 4 is 51.8 Å². The molecule has 2 aromatic rings. The van der Waals surface area contributed by atoms with Gasteiger partial charge < -0.3 is 0 Å². The summed E-state index contributed by atoms with van der Waals surface area (Å²) in [6, 6.07) is 3.72. The summed E-state index contributed by atoms with van der Waals surface area (Å²) in [6.07, 6.45) is 0. The molecular weight excluding hydrogens is 312 g/mol. The van der Waals surface area contributed by atoms with Crippen molar-refractivity contribution in [2.75, 3.05) is 6.61 Å². The van der Waals surface area contributed by atoms with Gasteiger partial charge in [0.2, 0.25) is 0 Å². The number of aromatic nitrogens is 1. The van der Waals surface area contributed by atoms with Crippen LogP contribution in [0.2, 0.25) is 10.2 Å². The minimum atomic E-state index is 0. The van der Waals surface area contributed by atoms with E-state index in [0.717, 1.165) is 16.2 Å². The molecule has 0 spiro atoms. The summed E-state index contributed by atoms with van der Waals surface area (Å²) in [5.41, 5.74) is 1.65. The van der Waals surface area contributed by atoms with Crippen molar-refractivity contribution in [1.82, 2.24) is 5.16 Å². The molecule has 0 unspecified atom stereocenters. The van der Waals surface area contributed by atoms with Crippen LogP contribution >= 0.6 is 24.0 Å². The van der Waals surface area contributed by atoms with E-state index < -0.39 is 0 Å². The summed E-state index contributed by atoms with van der Waals surface area (Å²) in [7, 11) is 0. The van der Waals surface area contributed by atoms with Crippen LogP contribution in [-0.4, -0.2) is 28.6 Å². The number of rotatable bonds is 3. The Balaban J connectivity index is 0.00000128. The Kier molecular flexibility index (Phi) is 4.97. The molecule has 0 saturated heterocycles. The van der Waals surface area contributed by atoms with Gasteiger partial charge in [-0.2, -0.15) is 0 Å². The maximum atomic E-state index is 5.98. The van der Waals surface area contributed by atoms with Crippen LogP contribution in [0.1, 0.15) is 5.56 Å². The molecule has 0 amide bonds. The van der Waals surface area contributed by atoms with Crippen molar-refractivity contribution in [2.24, 2.45) is 0 Å². The molecule has 0 atom stereocenters. The van der Waals surface area contributed by atoms with Crippen molar-refractivity contribution in [2.45, 2.75) is 12.1 Å². The van der Waals surface area contributed by atoms with Crippen LogP contribution in [0.3, 0.4) is 0 Å². The molecule has 6 heteroatoms. The molecule has 0 saturated carbocycles. The first-order valence-corrected chi connectivity index (χ1v) is 6.22. The largest absolute Gasteiger partial charge is 0.147 e. The van der Waals surface area contributed by atoms with Gasteiger partial charge in [0.15, 0.2) is 0 Å². The standard InChI is InChI=1S/C10H9AsClNO2.ClH/c1-6-2-3-7(12)9-8(6)10(13-15-9)14-5-4-11;/h2-3H,4-5H2,1H3;1H. The van der Waals surface area contributed by atoms with E-state index in [1.165, 1.54) is 0 Å². The smallest absolute Gasteiger partial charge is 0.147 e. The van der Waals surface area contributed by atoms with Gasteiger partial charge in [-0.15, -0.1) is 12.4 Å². The van der Waals surface area contributed by atoms with Gasteiger partial charge in [0, 0.05) is 0 Å². The Morgan fingerprint density at radius 1 is 1.50 bits per heavy atom. The number of ether oxygens (including phenoxy) is 1. The van der Waals surface area contributed by atoms with Crippen LogP contribution in [0.15, 0.2) is 16.7 Å². The molecular formula is C10H10AsCl2NO2. The summed E-state index contributed by atoms with van der Waals surface area (Å²) in [5.74, 6) is 0.524. The van der Waals surface area contributed by atoms with Crippen LogP contribution < -0.4 is 4.74 Å². The molecule has 0 aliphatic heterocycles. The van der Waals surface area contributed by atoms with E-state index >= 15 is 0 Å². The van der Waals surface area contributed by atoms with Crippen LogP contribution in [0, 0.1) is 6.92 Å². The minimum absolute atomic E-state index is 0. The van der Waals surface area contributed by atoms with E-state index in [2.05, 4.69) is 22.0 Å². The Hall–Kier alpha value is -0.372. The number of hydrogen-bond donors (Lipinski definition) is 0. The van der Waals surface area contributed by atoms with E-state index in [0.29, 0.717) is 23.1 Å². The third-order valence-corrected chi connectivity index (χ3v) is 2.76. The Morgan fingerprint density at radius 2 is 2.25 bits per heavy atom. The first kappa shape index (κ1) is 13.7. The number of benzene rings is 1. The Labute approximate surface area is 113 Å². The van der Waals surface area contributed by atoms with Crippen LogP contribution in [0.5, 0.6) is 5.88 Å². The third-order valence-electron chi connectivity index (χ3n) is 2.08. The molecule has 0 N–H and O–H groups in total. The monoisotopic (exact) mass is 321 g/mol. The topological polar surface area (TPSA) is 35.3 Å². The first-order chi connectivity index (χ1) is 7.24. The number of aryl methyl sites for hydroxylation is 1. The first-order valence-electron chi connectivity index (χ1n) is 4.52. The number of halogens is 2. The normalized spacial score (nSPS) is 10.2. The van der Waals surface area contributed by atoms with Crippen LogP contribution in [0.25, 0.3) is 11.0 Å². The fraction of sp³-hybridized carbons (Fsp3) is 0.300. The van der Waals surface area contributed by atoms with Crippen LogP contribution in [-0.2, 0) is 0 Å². The van der Waals surface area contributed by atoms with Crippen LogP contribution in [0.4, 0.5) is 0 Å². The Bertz CT molecular complexity index is 487. The van der Waals surface area contributed by atoms with E-state index in [1.54, 1.807) is 6.07 Å². The molecule has 1 heterocycles. The second-order valence-corrected chi connectivity index (χ2v) is 4.47. The predicted octanol–water partition coefficient (Wildman–Crippen LogP) is 3.18. The van der Waals surface area contributed by atoms with Gasteiger partial charge in [0.25, 0.3) is 0 Å². The molecule has 2 radical (unpaired) electrons. The number of nitrogens with zero attached hydrogens (tertiary/aromatic N) is 1. The number of hydrogen-bond acceptors (Lipinski definition) is 3. The molecule has 0 bridgehead atoms. The summed E-state index contributed by atoms with van der Waals surface area (Å²) in [5, 5.41) is 6.17. The predicted molar refractivity (Wildman–Crippen MR) is 67.1 cm³/mol. The van der Waals surface area contributed by atoms with E-state index in [1.807, 2.05) is 13.0 Å². The van der Waals surface area contributed by atoms with Gasteiger partial charge in [-0.05, 0) is 0 Å². The number of fused-ring (bicyclic) bond motifs is 1. The molecule has 1 aromatic carbocycles. The average molecular weight is 322 g/mol. The summed E-state index contributed by atoms with van der Waals surface area (Å²) in [4.78, 5) is 0. The average Bonchev–Trinajstić information content (AvgIpc) is 2.65. The quantitative estimate of drug-likeness (QED) is 0.814. The minimum Gasteiger partial charge on any atom is -0.147 e. The third kappa shape index (κ3) is 2.48. The van der Waals surface area contributed by atoms with Gasteiger partial charge >= 0.3 is 101 Å². The van der Waals surface area contributed by atoms with Gasteiger partial charge in [-0.1, -0.05) is 0 Å². The van der Waals surface area contributed by atoms with Crippen molar-refractivity contribution in [3.63, 3.8) is 0 Å². The summed E-state index contributed by atoms with van der Waals surface area (Å²) in [6.45, 7) is 2.58. The fourth-order valence-corrected chi connectivity index (χ4v) is 1.77. The van der Waals surface area contributed by atoms with Gasteiger partial charge in [0.1, 0.15) is 0 Å². The van der Waals surface area contributed by atoms with E-state index in [4.69, 9.17) is 20.9 Å². The Morgan fingerprint density at radius 3 is 2.94 bits per heavy atom. The zero-order valence-corrected chi connectivity index (χ0v) is 12.0. The molecule has 16 heavy (non-hydrogen) atoms. The molecule has 1 aromatic heterocycles. The summed E-state index contributed by atoms with van der Waals surface area (Å²) < 4.78 is 10.6. The second-order valence-electron chi connectivity index (χ2n) is 3.13. The van der Waals surface area contributed by atoms with Gasteiger partial charge in [-0.25, -0.2) is 0 Å². The molecule has 0 fully saturated rings. The summed E-state index contributed by atoms with van der Waals surface area (Å²) >= 11 is 8.44. The molecule has 2 rings (SSSR count). The van der Waals surface area contributed by atoms with E-state index in [-0.39, 0.29) is 12.4 Å². The second kappa shape index (κ2) is 5.81. The molecule has 0 aliphatic rings. The van der Waals surface area contributed by atoms with Gasteiger partial charge in [0.05, 0.1) is 0 Å². The van der Waals surface area contributed by atoms with Gasteiger partial charge in [-0.3, -0.25) is 0 Å². The fourth-order valence-electron chi connectivity index (χ4n) is 1.38. The molecule has 3 nitrogen and oxygen atoms in total.